The Kier molecular flexibility index (Phi) is 6.50. The third-order valence-electron chi connectivity index (χ3n) is 7.35. The molecular formula is C28H26F3NO7. The van der Waals surface area contributed by atoms with Gasteiger partial charge >= 0.3 is 12.1 Å². The van der Waals surface area contributed by atoms with Crippen LogP contribution in [-0.2, 0) is 17.3 Å². The topological polar surface area (TPSA) is 97.7 Å². The van der Waals surface area contributed by atoms with Gasteiger partial charge in [-0.1, -0.05) is 18.2 Å². The molecule has 0 aromatic heterocycles. The van der Waals surface area contributed by atoms with Crippen molar-refractivity contribution in [3.63, 3.8) is 0 Å². The molecular weight excluding hydrogens is 519 g/mol. The molecule has 0 bridgehead atoms. The largest absolute Gasteiger partial charge is 0.504 e. The highest BCUT2D eigenvalue weighted by atomic mass is 19.4. The van der Waals surface area contributed by atoms with E-state index in [1.54, 1.807) is 12.1 Å². The summed E-state index contributed by atoms with van der Waals surface area (Å²) in [4.78, 5) is 15.0. The van der Waals surface area contributed by atoms with Crippen LogP contribution >= 0.6 is 0 Å². The zero-order chi connectivity index (χ0) is 28.2. The Morgan fingerprint density at radius 1 is 0.923 bits per heavy atom. The van der Waals surface area contributed by atoms with Gasteiger partial charge < -0.3 is 29.2 Å². The number of aromatic hydroxyl groups is 2. The molecule has 11 heteroatoms. The van der Waals surface area contributed by atoms with Crippen molar-refractivity contribution in [2.24, 2.45) is 0 Å². The van der Waals surface area contributed by atoms with E-state index in [4.69, 9.17) is 18.9 Å². The van der Waals surface area contributed by atoms with Crippen LogP contribution in [0.25, 0.3) is 11.1 Å². The van der Waals surface area contributed by atoms with Gasteiger partial charge in [0.25, 0.3) is 0 Å². The number of carbonyl (C=O) groups is 1. The van der Waals surface area contributed by atoms with Crippen LogP contribution in [0.1, 0.15) is 44.8 Å². The predicted octanol–water partition coefficient (Wildman–Crippen LogP) is 5.25. The molecule has 0 radical (unpaired) electrons. The van der Waals surface area contributed by atoms with E-state index in [1.807, 2.05) is 11.9 Å². The number of nitrogens with zero attached hydrogens (tertiary/aromatic N) is 1. The first-order chi connectivity index (χ1) is 18.5. The van der Waals surface area contributed by atoms with E-state index in [-0.39, 0.29) is 28.2 Å². The van der Waals surface area contributed by atoms with Crippen molar-refractivity contribution in [2.45, 2.75) is 24.7 Å². The van der Waals surface area contributed by atoms with Gasteiger partial charge in [0.1, 0.15) is 11.7 Å². The van der Waals surface area contributed by atoms with Gasteiger partial charge in [0, 0.05) is 23.2 Å². The SMILES string of the molecule is COc1ccc2c(c1OC)C(=O)OC2[C@H]1c2c(c(-c3ccc(C(F)(F)F)cc3)c(O)c(O)c2OC)CCN1C. The summed E-state index contributed by atoms with van der Waals surface area (Å²) in [6, 6.07) is 7.03. The Morgan fingerprint density at radius 2 is 1.59 bits per heavy atom. The standard InChI is InChI=1S/C28H26F3NO7/c1-32-12-11-15-18(13-5-7-14(8-6-13)28(29,30)31)22(33)23(34)26(38-4)19(15)21(32)24-16-9-10-17(36-2)25(37-3)20(16)27(35)39-24/h5-10,21,24,33-34H,11-12H2,1-4H3/t21-,24?/m1/s1. The average Bonchev–Trinajstić information content (AvgIpc) is 3.24. The molecule has 0 saturated carbocycles. The maximum Gasteiger partial charge on any atom is 0.416 e. The Bertz CT molecular complexity index is 1450. The quantitative estimate of drug-likeness (QED) is 0.332. The molecule has 2 N–H and O–H groups in total. The number of benzene rings is 3. The first kappa shape index (κ1) is 26.5. The Balaban J connectivity index is 1.73. The van der Waals surface area contributed by atoms with Crippen LogP contribution in [-0.4, -0.2) is 56.0 Å². The number of phenolic OH excluding ortho intramolecular Hbond substituents is 2. The number of carbonyl (C=O) groups excluding carboxylic acids is 1. The lowest BCUT2D eigenvalue weighted by Gasteiger charge is -2.39. The number of rotatable bonds is 5. The van der Waals surface area contributed by atoms with E-state index in [0.29, 0.717) is 35.4 Å². The zero-order valence-corrected chi connectivity index (χ0v) is 21.5. The molecule has 0 amide bonds. The van der Waals surface area contributed by atoms with Crippen LogP contribution in [0.15, 0.2) is 36.4 Å². The van der Waals surface area contributed by atoms with Crippen LogP contribution in [0.2, 0.25) is 0 Å². The molecule has 1 unspecified atom stereocenters. The van der Waals surface area contributed by atoms with Crippen molar-refractivity contribution in [3.05, 3.63) is 64.2 Å². The predicted molar refractivity (Wildman–Crippen MR) is 134 cm³/mol. The summed E-state index contributed by atoms with van der Waals surface area (Å²) in [5.41, 5.74) is 1.40. The number of likely N-dealkylation sites (N-methyl/N-ethyl adjacent to an activating group) is 1. The van der Waals surface area contributed by atoms with Crippen LogP contribution in [0, 0.1) is 0 Å². The number of halogens is 3. The molecule has 0 saturated heterocycles. The molecule has 3 aromatic carbocycles. The van der Waals surface area contributed by atoms with Gasteiger partial charge in [0.15, 0.2) is 23.0 Å². The number of cyclic esters (lactones) is 1. The summed E-state index contributed by atoms with van der Waals surface area (Å²) in [6.45, 7) is 0.454. The second-order valence-corrected chi connectivity index (χ2v) is 9.34. The molecule has 2 aliphatic rings. The summed E-state index contributed by atoms with van der Waals surface area (Å²) in [5.74, 6) is -1.12. The van der Waals surface area contributed by atoms with Gasteiger partial charge in [-0.25, -0.2) is 4.79 Å². The van der Waals surface area contributed by atoms with Crippen molar-refractivity contribution in [3.8, 4) is 39.9 Å². The fourth-order valence-electron chi connectivity index (χ4n) is 5.58. The van der Waals surface area contributed by atoms with Crippen LogP contribution in [0.4, 0.5) is 13.2 Å². The Labute approximate surface area is 222 Å². The van der Waals surface area contributed by atoms with E-state index in [2.05, 4.69) is 0 Å². The van der Waals surface area contributed by atoms with Gasteiger partial charge in [0.2, 0.25) is 5.75 Å². The number of fused-ring (bicyclic) bond motifs is 2. The molecule has 206 valence electrons. The Morgan fingerprint density at radius 3 is 2.18 bits per heavy atom. The van der Waals surface area contributed by atoms with Crippen molar-refractivity contribution in [1.29, 1.82) is 0 Å². The first-order valence-corrected chi connectivity index (χ1v) is 12.0. The third-order valence-corrected chi connectivity index (χ3v) is 7.35. The van der Waals surface area contributed by atoms with Crippen molar-refractivity contribution >= 4 is 5.97 Å². The lowest BCUT2D eigenvalue weighted by Crippen LogP contribution is -2.36. The van der Waals surface area contributed by atoms with Crippen molar-refractivity contribution in [1.82, 2.24) is 4.90 Å². The minimum absolute atomic E-state index is 0.0142. The summed E-state index contributed by atoms with van der Waals surface area (Å²) >= 11 is 0. The number of alkyl halides is 3. The van der Waals surface area contributed by atoms with Crippen molar-refractivity contribution in [2.75, 3.05) is 34.9 Å². The molecule has 0 fully saturated rings. The van der Waals surface area contributed by atoms with Crippen molar-refractivity contribution < 1.29 is 47.1 Å². The molecule has 5 rings (SSSR count). The zero-order valence-electron chi connectivity index (χ0n) is 21.5. The average molecular weight is 546 g/mol. The van der Waals surface area contributed by atoms with Gasteiger partial charge in [-0.2, -0.15) is 13.2 Å². The molecule has 0 spiro atoms. The number of methoxy groups -OCH3 is 3. The van der Waals surface area contributed by atoms with Crippen LogP contribution in [0.3, 0.4) is 0 Å². The fourth-order valence-corrected chi connectivity index (χ4v) is 5.58. The second kappa shape index (κ2) is 9.57. The second-order valence-electron chi connectivity index (χ2n) is 9.34. The highest BCUT2D eigenvalue weighted by Gasteiger charge is 2.46. The molecule has 0 aliphatic carbocycles. The fraction of sp³-hybridized carbons (Fsp3) is 0.321. The number of hydrogen-bond donors (Lipinski definition) is 2. The summed E-state index contributed by atoms with van der Waals surface area (Å²) in [7, 11) is 6.03. The number of esters is 1. The van der Waals surface area contributed by atoms with E-state index in [0.717, 1.165) is 12.1 Å². The van der Waals surface area contributed by atoms with E-state index < -0.39 is 41.4 Å². The Hall–Kier alpha value is -4.12. The number of hydrogen-bond acceptors (Lipinski definition) is 8. The summed E-state index contributed by atoms with van der Waals surface area (Å²) < 4.78 is 61.8. The van der Waals surface area contributed by atoms with E-state index in [9.17, 15) is 28.2 Å². The smallest absolute Gasteiger partial charge is 0.416 e. The molecule has 8 nitrogen and oxygen atoms in total. The molecule has 2 atom stereocenters. The van der Waals surface area contributed by atoms with Gasteiger partial charge in [0.05, 0.1) is 32.9 Å². The van der Waals surface area contributed by atoms with E-state index in [1.165, 1.54) is 33.5 Å². The molecule has 3 aromatic rings. The van der Waals surface area contributed by atoms with E-state index >= 15 is 0 Å². The van der Waals surface area contributed by atoms with Gasteiger partial charge in [-0.3, -0.25) is 4.90 Å². The lowest BCUT2D eigenvalue weighted by atomic mass is 9.81. The number of ether oxygens (including phenoxy) is 4. The summed E-state index contributed by atoms with van der Waals surface area (Å²) in [6.07, 6.45) is -5.00. The molecule has 2 aliphatic heterocycles. The molecule has 2 heterocycles. The monoisotopic (exact) mass is 545 g/mol. The third kappa shape index (κ3) is 4.08. The highest BCUT2D eigenvalue weighted by Crippen LogP contribution is 2.57. The highest BCUT2D eigenvalue weighted by molar-refractivity contribution is 5.98. The minimum atomic E-state index is -4.53. The van der Waals surface area contributed by atoms with Crippen LogP contribution in [0.5, 0.6) is 28.7 Å². The van der Waals surface area contributed by atoms with Gasteiger partial charge in [-0.15, -0.1) is 0 Å². The normalized spacial score (nSPS) is 18.8. The van der Waals surface area contributed by atoms with Crippen LogP contribution < -0.4 is 14.2 Å². The first-order valence-electron chi connectivity index (χ1n) is 12.0. The number of phenols is 2. The maximum atomic E-state index is 13.2. The minimum Gasteiger partial charge on any atom is -0.504 e. The van der Waals surface area contributed by atoms with Gasteiger partial charge in [-0.05, 0) is 42.8 Å². The maximum absolute atomic E-state index is 13.2. The molecule has 39 heavy (non-hydrogen) atoms. The lowest BCUT2D eigenvalue weighted by molar-refractivity contribution is -0.137. The summed E-state index contributed by atoms with van der Waals surface area (Å²) in [5, 5.41) is 22.0.